The van der Waals surface area contributed by atoms with Crippen molar-refractivity contribution in [2.75, 3.05) is 19.3 Å². The molecule has 0 spiro atoms. The van der Waals surface area contributed by atoms with Crippen LogP contribution in [0.15, 0.2) is 12.1 Å². The lowest BCUT2D eigenvalue weighted by Gasteiger charge is -2.19. The second kappa shape index (κ2) is 6.33. The molecule has 110 valence electrons. The van der Waals surface area contributed by atoms with Crippen molar-refractivity contribution in [3.63, 3.8) is 0 Å². The third-order valence-corrected chi connectivity index (χ3v) is 2.96. The van der Waals surface area contributed by atoms with E-state index in [2.05, 4.69) is 0 Å². The minimum Gasteiger partial charge on any atom is -0.393 e. The molecule has 7 nitrogen and oxygen atoms in total. The average molecular weight is 281 g/mol. The van der Waals surface area contributed by atoms with Crippen molar-refractivity contribution in [2.45, 2.75) is 26.4 Å². The fraction of sp³-hybridized carbons (Fsp3) is 0.462. The summed E-state index contributed by atoms with van der Waals surface area (Å²) in [6.07, 6.45) is -0.0924. The van der Waals surface area contributed by atoms with Crippen molar-refractivity contribution < 1.29 is 14.8 Å². The van der Waals surface area contributed by atoms with Gasteiger partial charge in [-0.1, -0.05) is 0 Å². The van der Waals surface area contributed by atoms with Gasteiger partial charge in [0.15, 0.2) is 0 Å². The summed E-state index contributed by atoms with van der Waals surface area (Å²) in [4.78, 5) is 23.9. The molecule has 0 heterocycles. The van der Waals surface area contributed by atoms with Crippen LogP contribution in [-0.4, -0.2) is 40.5 Å². The second-order valence-corrected chi connectivity index (χ2v) is 4.87. The molecule has 1 amide bonds. The first-order valence-electron chi connectivity index (χ1n) is 6.22. The predicted molar refractivity (Wildman–Crippen MR) is 75.5 cm³/mol. The molecular weight excluding hydrogens is 262 g/mol. The maximum Gasteiger partial charge on any atom is 0.293 e. The summed E-state index contributed by atoms with van der Waals surface area (Å²) >= 11 is 0. The molecule has 0 saturated heterocycles. The highest BCUT2D eigenvalue weighted by molar-refractivity contribution is 6.01. The van der Waals surface area contributed by atoms with Gasteiger partial charge < -0.3 is 15.7 Å². The van der Waals surface area contributed by atoms with E-state index in [9.17, 15) is 20.0 Å². The van der Waals surface area contributed by atoms with E-state index in [0.717, 1.165) is 0 Å². The molecule has 1 unspecified atom stereocenters. The number of hydrogen-bond donors (Lipinski definition) is 2. The molecule has 1 rings (SSSR count). The third kappa shape index (κ3) is 3.67. The molecule has 3 N–H and O–H groups in total. The normalized spacial score (nSPS) is 12.0. The van der Waals surface area contributed by atoms with Crippen molar-refractivity contribution in [3.8, 4) is 0 Å². The Morgan fingerprint density at radius 1 is 1.55 bits per heavy atom. The van der Waals surface area contributed by atoms with Crippen LogP contribution in [0.2, 0.25) is 0 Å². The zero-order valence-electron chi connectivity index (χ0n) is 11.8. The lowest BCUT2D eigenvalue weighted by molar-refractivity contribution is -0.384. The van der Waals surface area contributed by atoms with Gasteiger partial charge in [-0.05, 0) is 31.9 Å². The Morgan fingerprint density at radius 3 is 2.65 bits per heavy atom. The summed E-state index contributed by atoms with van der Waals surface area (Å²) in [5.41, 5.74) is 6.02. The Morgan fingerprint density at radius 2 is 2.15 bits per heavy atom. The van der Waals surface area contributed by atoms with Gasteiger partial charge in [-0.25, -0.2) is 0 Å². The fourth-order valence-corrected chi connectivity index (χ4v) is 1.79. The summed E-state index contributed by atoms with van der Waals surface area (Å²) in [6, 6.07) is 2.87. The van der Waals surface area contributed by atoms with Crippen LogP contribution < -0.4 is 5.73 Å². The average Bonchev–Trinajstić information content (AvgIpc) is 2.36. The Labute approximate surface area is 117 Å². The summed E-state index contributed by atoms with van der Waals surface area (Å²) in [6.45, 7) is 3.64. The van der Waals surface area contributed by atoms with Crippen LogP contribution in [0.1, 0.15) is 29.3 Å². The maximum absolute atomic E-state index is 12.2. The van der Waals surface area contributed by atoms with Gasteiger partial charge in [0.05, 0.1) is 16.6 Å². The van der Waals surface area contributed by atoms with Crippen molar-refractivity contribution in [3.05, 3.63) is 33.4 Å². The van der Waals surface area contributed by atoms with E-state index >= 15 is 0 Å². The number of carbonyl (C=O) groups is 1. The zero-order chi connectivity index (χ0) is 15.4. The highest BCUT2D eigenvalue weighted by atomic mass is 16.6. The molecule has 7 heteroatoms. The lowest BCUT2D eigenvalue weighted by Crippen LogP contribution is -2.30. The van der Waals surface area contributed by atoms with Gasteiger partial charge in [-0.15, -0.1) is 0 Å². The SMILES string of the molecule is Cc1cc(C(=O)N(C)CCC(C)O)c(N)c([N+](=O)[O-])c1. The van der Waals surface area contributed by atoms with E-state index in [1.807, 2.05) is 0 Å². The number of nitrogen functional groups attached to an aromatic ring is 1. The number of anilines is 1. The molecule has 0 aromatic heterocycles. The zero-order valence-corrected chi connectivity index (χ0v) is 11.8. The highest BCUT2D eigenvalue weighted by Gasteiger charge is 2.22. The van der Waals surface area contributed by atoms with Crippen molar-refractivity contribution in [1.29, 1.82) is 0 Å². The first kappa shape index (κ1) is 15.9. The molecule has 0 bridgehead atoms. The van der Waals surface area contributed by atoms with Crippen LogP contribution in [0.25, 0.3) is 0 Å². The molecule has 20 heavy (non-hydrogen) atoms. The third-order valence-electron chi connectivity index (χ3n) is 2.96. The summed E-state index contributed by atoms with van der Waals surface area (Å²) in [5, 5.41) is 20.1. The Hall–Kier alpha value is -2.15. The van der Waals surface area contributed by atoms with Gasteiger partial charge in [0.25, 0.3) is 11.6 Å². The number of aliphatic hydroxyl groups is 1. The number of benzene rings is 1. The molecule has 0 aliphatic rings. The quantitative estimate of drug-likeness (QED) is 0.480. The number of nitrogens with two attached hydrogens (primary N) is 1. The number of aliphatic hydroxyl groups excluding tert-OH is 1. The number of aryl methyl sites for hydroxylation is 1. The van der Waals surface area contributed by atoms with Crippen molar-refractivity contribution in [2.24, 2.45) is 0 Å². The number of rotatable bonds is 5. The number of nitro benzene ring substituents is 1. The lowest BCUT2D eigenvalue weighted by atomic mass is 10.1. The van der Waals surface area contributed by atoms with Gasteiger partial charge in [-0.2, -0.15) is 0 Å². The molecule has 1 aromatic carbocycles. The van der Waals surface area contributed by atoms with E-state index in [-0.39, 0.29) is 16.9 Å². The largest absolute Gasteiger partial charge is 0.393 e. The molecule has 1 atom stereocenters. The van der Waals surface area contributed by atoms with Gasteiger partial charge in [-0.3, -0.25) is 14.9 Å². The van der Waals surface area contributed by atoms with E-state index in [1.54, 1.807) is 20.9 Å². The predicted octanol–water partition coefficient (Wildman–Crippen LogP) is 1.33. The molecular formula is C13H19N3O4. The topological polar surface area (TPSA) is 110 Å². The Kier molecular flexibility index (Phi) is 5.04. The standard InChI is InChI=1S/C13H19N3O4/c1-8-6-10(12(14)11(7-8)16(19)20)13(18)15(3)5-4-9(2)17/h6-7,9,17H,4-5,14H2,1-3H3. The number of hydrogen-bond acceptors (Lipinski definition) is 5. The van der Waals surface area contributed by atoms with Gasteiger partial charge >= 0.3 is 0 Å². The summed E-state index contributed by atoms with van der Waals surface area (Å²) in [7, 11) is 1.57. The second-order valence-electron chi connectivity index (χ2n) is 4.87. The van der Waals surface area contributed by atoms with E-state index in [1.165, 1.54) is 17.0 Å². The van der Waals surface area contributed by atoms with Crippen LogP contribution in [0.3, 0.4) is 0 Å². The molecule has 0 saturated carbocycles. The Balaban J connectivity index is 3.07. The van der Waals surface area contributed by atoms with Gasteiger partial charge in [0, 0.05) is 19.7 Å². The molecule has 0 aliphatic heterocycles. The maximum atomic E-state index is 12.2. The van der Waals surface area contributed by atoms with Crippen molar-refractivity contribution >= 4 is 17.3 Å². The molecule has 0 radical (unpaired) electrons. The van der Waals surface area contributed by atoms with Gasteiger partial charge in [0.1, 0.15) is 5.69 Å². The van der Waals surface area contributed by atoms with Crippen LogP contribution in [-0.2, 0) is 0 Å². The minimum atomic E-state index is -0.602. The number of nitrogens with zero attached hydrogens (tertiary/aromatic N) is 2. The van der Waals surface area contributed by atoms with E-state index < -0.39 is 16.9 Å². The summed E-state index contributed by atoms with van der Waals surface area (Å²) in [5.74, 6) is -0.394. The van der Waals surface area contributed by atoms with Crippen LogP contribution in [0, 0.1) is 17.0 Å². The van der Waals surface area contributed by atoms with E-state index in [0.29, 0.717) is 18.5 Å². The first-order chi connectivity index (χ1) is 9.23. The van der Waals surface area contributed by atoms with Crippen LogP contribution in [0.5, 0.6) is 0 Å². The van der Waals surface area contributed by atoms with Crippen LogP contribution in [0.4, 0.5) is 11.4 Å². The van der Waals surface area contributed by atoms with Gasteiger partial charge in [0.2, 0.25) is 0 Å². The minimum absolute atomic E-state index is 0.116. The fourth-order valence-electron chi connectivity index (χ4n) is 1.79. The Bertz CT molecular complexity index is 529. The summed E-state index contributed by atoms with van der Waals surface area (Å²) < 4.78 is 0. The number of nitro groups is 1. The monoisotopic (exact) mass is 281 g/mol. The van der Waals surface area contributed by atoms with Crippen LogP contribution >= 0.6 is 0 Å². The number of amides is 1. The molecule has 0 fully saturated rings. The number of carbonyl (C=O) groups excluding carboxylic acids is 1. The van der Waals surface area contributed by atoms with Crippen molar-refractivity contribution in [1.82, 2.24) is 4.90 Å². The molecule has 1 aromatic rings. The first-order valence-corrected chi connectivity index (χ1v) is 6.22. The smallest absolute Gasteiger partial charge is 0.293 e. The van der Waals surface area contributed by atoms with E-state index in [4.69, 9.17) is 5.73 Å². The highest BCUT2D eigenvalue weighted by Crippen LogP contribution is 2.27. The molecule has 0 aliphatic carbocycles.